The third kappa shape index (κ3) is 6.48. The molecule has 6 aromatic carbocycles. The van der Waals surface area contributed by atoms with E-state index in [4.69, 9.17) is 0 Å². The van der Waals surface area contributed by atoms with Crippen LogP contribution in [0.25, 0.3) is 71.6 Å². The van der Waals surface area contributed by atoms with E-state index in [0.29, 0.717) is 0 Å². The van der Waals surface area contributed by atoms with E-state index in [1.807, 2.05) is 13.8 Å². The summed E-state index contributed by atoms with van der Waals surface area (Å²) in [4.78, 5) is 0. The molecule has 0 aliphatic heterocycles. The highest BCUT2D eigenvalue weighted by molar-refractivity contribution is 6.27. The molecule has 238 valence electrons. The molecule has 0 unspecified atom stereocenters. The van der Waals surface area contributed by atoms with Gasteiger partial charge in [0.25, 0.3) is 0 Å². The zero-order valence-electron chi connectivity index (χ0n) is 29.5. The third-order valence-corrected chi connectivity index (χ3v) is 8.50. The predicted molar refractivity (Wildman–Crippen MR) is 211 cm³/mol. The Morgan fingerprint density at radius 1 is 0.468 bits per heavy atom. The van der Waals surface area contributed by atoms with Gasteiger partial charge in [0.15, 0.2) is 0 Å². The summed E-state index contributed by atoms with van der Waals surface area (Å²) >= 11 is 0. The van der Waals surface area contributed by atoms with Crippen molar-refractivity contribution in [2.75, 3.05) is 0 Å². The molecular weight excluding hydrogens is 565 g/mol. The molecule has 0 aromatic heterocycles. The molecule has 0 fully saturated rings. The second-order valence-corrected chi connectivity index (χ2v) is 12.2. The Balaban J connectivity index is 0.000000498. The van der Waals surface area contributed by atoms with Gasteiger partial charge in [-0.15, -0.1) is 0 Å². The van der Waals surface area contributed by atoms with Gasteiger partial charge in [-0.1, -0.05) is 187 Å². The summed E-state index contributed by atoms with van der Waals surface area (Å²) in [6.45, 7) is 14.7. The lowest BCUT2D eigenvalue weighted by atomic mass is 9.81. The summed E-state index contributed by atoms with van der Waals surface area (Å²) in [5, 5.41) is 5.35. The van der Waals surface area contributed by atoms with Gasteiger partial charge in [0.2, 0.25) is 0 Å². The Labute approximate surface area is 283 Å². The number of hydrogen-bond donors (Lipinski definition) is 0. The molecule has 47 heavy (non-hydrogen) atoms. The average Bonchev–Trinajstić information content (AvgIpc) is 3.45. The lowest BCUT2D eigenvalue weighted by Gasteiger charge is -2.21. The Morgan fingerprint density at radius 3 is 1.66 bits per heavy atom. The van der Waals surface area contributed by atoms with Crippen LogP contribution in [0.5, 0.6) is 0 Å². The maximum absolute atomic E-state index is 2.44. The van der Waals surface area contributed by atoms with Gasteiger partial charge in [-0.2, -0.15) is 0 Å². The van der Waals surface area contributed by atoms with Crippen LogP contribution in [0.2, 0.25) is 0 Å². The zero-order valence-corrected chi connectivity index (χ0v) is 29.5. The highest BCUT2D eigenvalue weighted by atomic mass is 14.3. The third-order valence-electron chi connectivity index (χ3n) is 8.50. The SMILES string of the molecule is CC.CCC.CCC.Cc1ccc(-c2ccc3c4c(cccc24)-c2c-3c(C3=CCCC=C3)c3ccccc3c2-c2ccccc2)cc1. The largest absolute Gasteiger partial charge is 0.0836 e. The number of benzene rings is 6. The molecule has 2 aliphatic carbocycles. The first-order valence-corrected chi connectivity index (χ1v) is 17.8. The molecule has 0 N–H and O–H groups in total. The van der Waals surface area contributed by atoms with E-state index in [1.165, 1.54) is 95.6 Å². The maximum Gasteiger partial charge on any atom is -0.000741 e. The van der Waals surface area contributed by atoms with E-state index in [0.717, 1.165) is 12.8 Å². The first kappa shape index (κ1) is 33.7. The number of allylic oxidation sites excluding steroid dienone is 4. The second-order valence-electron chi connectivity index (χ2n) is 12.2. The van der Waals surface area contributed by atoms with E-state index in [9.17, 15) is 0 Å². The minimum atomic E-state index is 1.09. The van der Waals surface area contributed by atoms with Gasteiger partial charge < -0.3 is 0 Å². The highest BCUT2D eigenvalue weighted by Crippen LogP contribution is 2.57. The molecule has 0 radical (unpaired) electrons. The molecule has 0 heterocycles. The normalized spacial score (nSPS) is 12.2. The number of hydrogen-bond acceptors (Lipinski definition) is 0. The number of fused-ring (bicyclic) bond motifs is 4. The Bertz CT molecular complexity index is 2020. The molecule has 0 bridgehead atoms. The van der Waals surface area contributed by atoms with Crippen molar-refractivity contribution in [2.45, 2.75) is 74.1 Å². The van der Waals surface area contributed by atoms with Crippen LogP contribution in [0.1, 0.15) is 78.4 Å². The topological polar surface area (TPSA) is 0 Å². The van der Waals surface area contributed by atoms with Crippen LogP contribution in [0.3, 0.4) is 0 Å². The summed E-state index contributed by atoms with van der Waals surface area (Å²) < 4.78 is 0. The van der Waals surface area contributed by atoms with Gasteiger partial charge in [0.05, 0.1) is 0 Å². The van der Waals surface area contributed by atoms with Crippen LogP contribution < -0.4 is 0 Å². The van der Waals surface area contributed by atoms with Crippen LogP contribution in [0.15, 0.2) is 127 Å². The van der Waals surface area contributed by atoms with Crippen LogP contribution in [-0.4, -0.2) is 0 Å². The summed E-state index contributed by atoms with van der Waals surface area (Å²) in [7, 11) is 0. The van der Waals surface area contributed by atoms with Crippen LogP contribution in [-0.2, 0) is 0 Å². The maximum atomic E-state index is 2.44. The van der Waals surface area contributed by atoms with Crippen LogP contribution in [0, 0.1) is 6.92 Å². The smallest absolute Gasteiger partial charge is 0.000741 e. The molecule has 0 atom stereocenters. The minimum Gasteiger partial charge on any atom is -0.0836 e. The summed E-state index contributed by atoms with van der Waals surface area (Å²) in [5.41, 5.74) is 14.6. The van der Waals surface area contributed by atoms with Crippen molar-refractivity contribution >= 4 is 27.1 Å². The fraction of sp³-hybridized carbons (Fsp3) is 0.234. The summed E-state index contributed by atoms with van der Waals surface area (Å²) in [5.74, 6) is 0. The van der Waals surface area contributed by atoms with Crippen molar-refractivity contribution in [3.8, 4) is 44.5 Å². The first-order valence-electron chi connectivity index (χ1n) is 17.8. The molecule has 0 nitrogen and oxygen atoms in total. The molecule has 6 aromatic rings. The van der Waals surface area contributed by atoms with Crippen molar-refractivity contribution in [1.82, 2.24) is 0 Å². The molecule has 0 saturated carbocycles. The number of rotatable bonds is 3. The van der Waals surface area contributed by atoms with Gasteiger partial charge in [0.1, 0.15) is 0 Å². The van der Waals surface area contributed by atoms with Crippen molar-refractivity contribution in [3.05, 3.63) is 139 Å². The van der Waals surface area contributed by atoms with E-state index in [-0.39, 0.29) is 0 Å². The van der Waals surface area contributed by atoms with E-state index < -0.39 is 0 Å². The lowest BCUT2D eigenvalue weighted by Crippen LogP contribution is -1.96. The second kappa shape index (κ2) is 15.7. The highest BCUT2D eigenvalue weighted by Gasteiger charge is 2.31. The van der Waals surface area contributed by atoms with Crippen LogP contribution in [0.4, 0.5) is 0 Å². The van der Waals surface area contributed by atoms with E-state index >= 15 is 0 Å². The molecule has 0 saturated heterocycles. The Hall–Kier alpha value is -4.68. The average molecular weight is 615 g/mol. The zero-order chi connectivity index (χ0) is 33.3. The first-order chi connectivity index (χ1) is 23.1. The van der Waals surface area contributed by atoms with Crippen molar-refractivity contribution in [3.63, 3.8) is 0 Å². The minimum absolute atomic E-state index is 1.09. The molecule has 8 rings (SSSR count). The van der Waals surface area contributed by atoms with Gasteiger partial charge >= 0.3 is 0 Å². The van der Waals surface area contributed by atoms with Gasteiger partial charge in [-0.05, 0) is 97.0 Å². The van der Waals surface area contributed by atoms with E-state index in [2.05, 4.69) is 162 Å². The molecule has 2 aliphatic rings. The van der Waals surface area contributed by atoms with Crippen molar-refractivity contribution < 1.29 is 0 Å². The van der Waals surface area contributed by atoms with Gasteiger partial charge in [0, 0.05) is 0 Å². The fourth-order valence-electron chi connectivity index (χ4n) is 6.79. The monoisotopic (exact) mass is 614 g/mol. The molecule has 0 amide bonds. The molecule has 0 heteroatoms. The Kier molecular flexibility index (Phi) is 11.3. The van der Waals surface area contributed by atoms with Crippen molar-refractivity contribution in [1.29, 1.82) is 0 Å². The van der Waals surface area contributed by atoms with Crippen LogP contribution >= 0.6 is 0 Å². The van der Waals surface area contributed by atoms with Gasteiger partial charge in [-0.25, -0.2) is 0 Å². The lowest BCUT2D eigenvalue weighted by molar-refractivity contribution is 1.04. The fourth-order valence-corrected chi connectivity index (χ4v) is 6.79. The number of aryl methyl sites for hydroxylation is 1. The molecular formula is C47H50. The van der Waals surface area contributed by atoms with E-state index in [1.54, 1.807) is 0 Å². The standard InChI is InChI=1S/C39H28.2C3H8.C2H6/c1-25-19-21-26(22-20-25)29-23-24-34-37-30(29)17-10-18-33(37)38-35(27-11-4-2-5-12-27)31-15-8-9-16-32(31)36(39(34)38)28-13-6-3-7-14-28;2*1-3-2;1-2/h2,4-6,8-24H,3,7H2,1H3;2*3H2,1-2H3;1-2H3. The molecule has 0 spiro atoms. The Morgan fingerprint density at radius 2 is 1.02 bits per heavy atom. The quantitative estimate of drug-likeness (QED) is 0.186. The predicted octanol–water partition coefficient (Wildman–Crippen LogP) is 14.9. The van der Waals surface area contributed by atoms with Gasteiger partial charge in [-0.3, -0.25) is 0 Å². The summed E-state index contributed by atoms with van der Waals surface area (Å²) in [6, 6.07) is 40.6. The van der Waals surface area contributed by atoms with Crippen molar-refractivity contribution in [2.24, 2.45) is 0 Å². The summed E-state index contributed by atoms with van der Waals surface area (Å²) in [6.07, 6.45) is 11.8.